The molecule has 0 aliphatic carbocycles. The number of carboxylic acids is 1. The molecule has 1 amide bonds. The molecule has 1 aromatic rings. The molecule has 5 heteroatoms. The molecule has 2 bridgehead atoms. The highest BCUT2D eigenvalue weighted by molar-refractivity contribution is 5.96. The molecule has 3 atom stereocenters. The van der Waals surface area contributed by atoms with Gasteiger partial charge in [0.25, 0.3) is 0 Å². The Bertz CT molecular complexity index is 600. The molecule has 5 nitrogen and oxygen atoms in total. The van der Waals surface area contributed by atoms with E-state index in [-0.39, 0.29) is 24.5 Å². The van der Waals surface area contributed by atoms with Gasteiger partial charge in [0.2, 0.25) is 5.91 Å². The molecular weight excluding hydrogens is 282 g/mol. The number of fused-ring (bicyclic) bond motifs is 2. The molecule has 2 aliphatic heterocycles. The lowest BCUT2D eigenvalue weighted by Crippen LogP contribution is -2.41. The minimum atomic E-state index is -0.818. The van der Waals surface area contributed by atoms with E-state index in [9.17, 15) is 9.59 Å². The van der Waals surface area contributed by atoms with Crippen LogP contribution in [0.2, 0.25) is 0 Å². The molecule has 0 spiro atoms. The first-order valence-electron chi connectivity index (χ1n) is 7.75. The van der Waals surface area contributed by atoms with Crippen LogP contribution in [0.15, 0.2) is 24.3 Å². The summed E-state index contributed by atoms with van der Waals surface area (Å²) >= 11 is 0. The van der Waals surface area contributed by atoms with E-state index in [1.807, 2.05) is 31.2 Å². The number of amides is 1. The fraction of sp³-hybridized carbons (Fsp3) is 0.529. The third-order valence-corrected chi connectivity index (χ3v) is 4.80. The number of carbonyl (C=O) groups excluding carboxylic acids is 1. The number of rotatable bonds is 5. The van der Waals surface area contributed by atoms with Gasteiger partial charge in [-0.15, -0.1) is 0 Å². The maximum Gasteiger partial charge on any atom is 0.303 e. The van der Waals surface area contributed by atoms with Crippen LogP contribution in [0.3, 0.4) is 0 Å². The Balaban J connectivity index is 1.66. The predicted molar refractivity (Wildman–Crippen MR) is 81.6 cm³/mol. The van der Waals surface area contributed by atoms with Gasteiger partial charge in [-0.25, -0.2) is 0 Å². The Morgan fingerprint density at radius 3 is 2.86 bits per heavy atom. The van der Waals surface area contributed by atoms with Gasteiger partial charge in [0, 0.05) is 12.1 Å². The average molecular weight is 303 g/mol. The van der Waals surface area contributed by atoms with Crippen molar-refractivity contribution < 1.29 is 19.4 Å². The molecule has 0 aromatic heterocycles. The summed E-state index contributed by atoms with van der Waals surface area (Å²) in [5.74, 6) is -0.823. The van der Waals surface area contributed by atoms with Crippen LogP contribution in [0.1, 0.15) is 38.2 Å². The molecule has 0 radical (unpaired) electrons. The van der Waals surface area contributed by atoms with Gasteiger partial charge in [0.05, 0.1) is 17.6 Å². The first-order valence-corrected chi connectivity index (χ1v) is 7.75. The van der Waals surface area contributed by atoms with E-state index in [4.69, 9.17) is 9.84 Å². The van der Waals surface area contributed by atoms with E-state index in [2.05, 4.69) is 5.32 Å². The first kappa shape index (κ1) is 15.0. The van der Waals surface area contributed by atoms with Crippen LogP contribution >= 0.6 is 0 Å². The Morgan fingerprint density at radius 2 is 2.23 bits per heavy atom. The zero-order valence-corrected chi connectivity index (χ0v) is 12.7. The van der Waals surface area contributed by atoms with E-state index >= 15 is 0 Å². The fourth-order valence-electron chi connectivity index (χ4n) is 3.50. The van der Waals surface area contributed by atoms with Crippen molar-refractivity contribution in [1.29, 1.82) is 0 Å². The summed E-state index contributed by atoms with van der Waals surface area (Å²) in [5, 5.41) is 11.7. The molecule has 118 valence electrons. The summed E-state index contributed by atoms with van der Waals surface area (Å²) in [7, 11) is 0. The number of aryl methyl sites for hydroxylation is 1. The zero-order chi connectivity index (χ0) is 15.7. The number of ether oxygens (including phenoxy) is 1. The van der Waals surface area contributed by atoms with Crippen LogP contribution in [0.25, 0.3) is 0 Å². The molecule has 2 heterocycles. The van der Waals surface area contributed by atoms with Gasteiger partial charge >= 0.3 is 5.97 Å². The van der Waals surface area contributed by atoms with Crippen molar-refractivity contribution in [2.45, 2.75) is 51.2 Å². The predicted octanol–water partition coefficient (Wildman–Crippen LogP) is 2.60. The van der Waals surface area contributed by atoms with Gasteiger partial charge in [-0.05, 0) is 50.3 Å². The highest BCUT2D eigenvalue weighted by atomic mass is 16.5. The number of aliphatic carboxylic acids is 1. The van der Waals surface area contributed by atoms with E-state index < -0.39 is 11.4 Å². The van der Waals surface area contributed by atoms with Gasteiger partial charge < -0.3 is 15.2 Å². The van der Waals surface area contributed by atoms with Crippen molar-refractivity contribution in [3.8, 4) is 0 Å². The van der Waals surface area contributed by atoms with Crippen LogP contribution in [-0.4, -0.2) is 29.2 Å². The third kappa shape index (κ3) is 2.86. The van der Waals surface area contributed by atoms with Crippen molar-refractivity contribution >= 4 is 17.6 Å². The third-order valence-electron chi connectivity index (χ3n) is 4.80. The summed E-state index contributed by atoms with van der Waals surface area (Å²) in [4.78, 5) is 23.3. The monoisotopic (exact) mass is 303 g/mol. The van der Waals surface area contributed by atoms with E-state index in [1.54, 1.807) is 0 Å². The quantitative estimate of drug-likeness (QED) is 0.876. The maximum absolute atomic E-state index is 12.6. The van der Waals surface area contributed by atoms with Crippen molar-refractivity contribution in [1.82, 2.24) is 0 Å². The number of carboxylic acid groups (broad SMARTS) is 1. The first-order chi connectivity index (χ1) is 10.5. The van der Waals surface area contributed by atoms with Gasteiger partial charge in [-0.3, -0.25) is 9.59 Å². The molecule has 3 unspecified atom stereocenters. The number of carbonyl (C=O) groups is 2. The van der Waals surface area contributed by atoms with Crippen LogP contribution in [0, 0.1) is 5.41 Å². The summed E-state index contributed by atoms with van der Waals surface area (Å²) < 4.78 is 5.81. The highest BCUT2D eigenvalue weighted by Crippen LogP contribution is 2.48. The second-order valence-electron chi connectivity index (χ2n) is 6.49. The van der Waals surface area contributed by atoms with Crippen LogP contribution in [-0.2, 0) is 20.7 Å². The van der Waals surface area contributed by atoms with Crippen molar-refractivity contribution in [3.63, 3.8) is 0 Å². The van der Waals surface area contributed by atoms with E-state index in [0.717, 1.165) is 30.5 Å². The molecule has 0 saturated carbocycles. The summed E-state index contributed by atoms with van der Waals surface area (Å²) in [5.41, 5.74) is 1.17. The number of nitrogens with one attached hydrogen (secondary N) is 1. The zero-order valence-electron chi connectivity index (χ0n) is 12.7. The Kier molecular flexibility index (Phi) is 3.91. The van der Waals surface area contributed by atoms with Crippen molar-refractivity contribution in [2.75, 3.05) is 5.32 Å². The van der Waals surface area contributed by atoms with Crippen molar-refractivity contribution in [3.05, 3.63) is 29.8 Å². The number of benzene rings is 1. The second-order valence-corrected chi connectivity index (χ2v) is 6.49. The minimum absolute atomic E-state index is 0.00455. The van der Waals surface area contributed by atoms with Gasteiger partial charge in [0.1, 0.15) is 0 Å². The number of hydrogen-bond donors (Lipinski definition) is 2. The summed E-state index contributed by atoms with van der Waals surface area (Å²) in [6, 6.07) is 7.39. The maximum atomic E-state index is 12.6. The Morgan fingerprint density at radius 1 is 1.41 bits per heavy atom. The molecule has 2 N–H and O–H groups in total. The molecule has 2 aliphatic rings. The molecule has 3 rings (SSSR count). The Hall–Kier alpha value is -1.88. The van der Waals surface area contributed by atoms with Gasteiger partial charge in [-0.2, -0.15) is 0 Å². The number of anilines is 1. The second kappa shape index (κ2) is 5.72. The van der Waals surface area contributed by atoms with E-state index in [0.29, 0.717) is 6.42 Å². The molecule has 1 aromatic carbocycles. The topological polar surface area (TPSA) is 75.6 Å². The van der Waals surface area contributed by atoms with Gasteiger partial charge in [-0.1, -0.05) is 12.1 Å². The summed E-state index contributed by atoms with van der Waals surface area (Å²) in [6.07, 6.45) is 3.58. The molecule has 22 heavy (non-hydrogen) atoms. The minimum Gasteiger partial charge on any atom is -0.481 e. The average Bonchev–Trinajstić information content (AvgIpc) is 3.06. The normalized spacial score (nSPS) is 29.5. The van der Waals surface area contributed by atoms with E-state index in [1.165, 1.54) is 0 Å². The summed E-state index contributed by atoms with van der Waals surface area (Å²) in [6.45, 7) is 1.97. The molecule has 2 saturated heterocycles. The molecule has 2 fully saturated rings. The lowest BCUT2D eigenvalue weighted by atomic mass is 9.75. The largest absolute Gasteiger partial charge is 0.481 e. The lowest BCUT2D eigenvalue weighted by molar-refractivity contribution is -0.137. The fourth-order valence-corrected chi connectivity index (χ4v) is 3.50. The van der Waals surface area contributed by atoms with Crippen molar-refractivity contribution in [2.24, 2.45) is 5.41 Å². The van der Waals surface area contributed by atoms with Gasteiger partial charge in [0.15, 0.2) is 0 Å². The van der Waals surface area contributed by atoms with Crippen LogP contribution < -0.4 is 5.32 Å². The number of hydrogen-bond acceptors (Lipinski definition) is 3. The van der Waals surface area contributed by atoms with Crippen LogP contribution in [0.5, 0.6) is 0 Å². The standard InChI is InChI=1S/C17H21NO4/c1-17(10-13-6-7-14(17)22-13)16(21)18-12-4-2-3-11(9-12)5-8-15(19)20/h2-4,9,13-14H,5-8,10H2,1H3,(H,18,21)(H,19,20). The van der Waals surface area contributed by atoms with Crippen LogP contribution in [0.4, 0.5) is 5.69 Å². The SMILES string of the molecule is CC1(C(=O)Nc2cccc(CCC(=O)O)c2)CC2CCC1O2. The smallest absolute Gasteiger partial charge is 0.303 e. The Labute approximate surface area is 129 Å². The lowest BCUT2D eigenvalue weighted by Gasteiger charge is -2.29. The molecular formula is C17H21NO4. The highest BCUT2D eigenvalue weighted by Gasteiger charge is 2.53.